The fourth-order valence-corrected chi connectivity index (χ4v) is 5.00. The van der Waals surface area contributed by atoms with Crippen LogP contribution in [0, 0.1) is 0 Å². The van der Waals surface area contributed by atoms with Crippen LogP contribution in [0.1, 0.15) is 55.3 Å². The molecule has 1 aliphatic carbocycles. The smallest absolute Gasteiger partial charge is 0.257 e. The summed E-state index contributed by atoms with van der Waals surface area (Å²) in [6.45, 7) is 3.92. The SMILES string of the molecule is O=C(c1cnn(-c2ccc(OC3CCN(C4CCCC4)C3)cc2)c1)N1CCCC1. The highest BCUT2D eigenvalue weighted by molar-refractivity contribution is 5.94. The molecule has 0 N–H and O–H groups in total. The van der Waals surface area contributed by atoms with Crippen molar-refractivity contribution in [3.63, 3.8) is 0 Å². The standard InChI is InChI=1S/C23H30N4O2/c28-23(25-12-3-4-13-25)18-15-24-27(16-18)20-7-9-21(10-8-20)29-22-11-14-26(17-22)19-5-1-2-6-19/h7-10,15-16,19,22H,1-6,11-14,17H2. The fourth-order valence-electron chi connectivity index (χ4n) is 5.00. The Labute approximate surface area is 172 Å². The molecule has 1 amide bonds. The maximum atomic E-state index is 12.5. The zero-order chi connectivity index (χ0) is 19.6. The van der Waals surface area contributed by atoms with E-state index in [0.29, 0.717) is 5.56 Å². The molecule has 3 aliphatic rings. The first-order chi connectivity index (χ1) is 14.3. The van der Waals surface area contributed by atoms with Gasteiger partial charge in [-0.05, 0) is 56.4 Å². The lowest BCUT2D eigenvalue weighted by molar-refractivity contribution is 0.0793. The van der Waals surface area contributed by atoms with Gasteiger partial charge >= 0.3 is 0 Å². The summed E-state index contributed by atoms with van der Waals surface area (Å²) in [4.78, 5) is 17.0. The second-order valence-electron chi connectivity index (χ2n) is 8.63. The molecular weight excluding hydrogens is 364 g/mol. The summed E-state index contributed by atoms with van der Waals surface area (Å²) in [7, 11) is 0. The summed E-state index contributed by atoms with van der Waals surface area (Å²) in [5.74, 6) is 0.995. The minimum atomic E-state index is 0.0850. The number of hydrogen-bond donors (Lipinski definition) is 0. The van der Waals surface area contributed by atoms with Gasteiger partial charge in [0.2, 0.25) is 0 Å². The number of amides is 1. The van der Waals surface area contributed by atoms with Crippen LogP contribution in [0.25, 0.3) is 5.69 Å². The van der Waals surface area contributed by atoms with Crippen LogP contribution in [0.4, 0.5) is 0 Å². The molecule has 1 unspecified atom stereocenters. The molecule has 1 atom stereocenters. The molecule has 1 aromatic heterocycles. The lowest BCUT2D eigenvalue weighted by Gasteiger charge is -2.23. The van der Waals surface area contributed by atoms with E-state index in [1.807, 2.05) is 35.4 Å². The highest BCUT2D eigenvalue weighted by Crippen LogP contribution is 2.28. The zero-order valence-corrected chi connectivity index (χ0v) is 17.0. The van der Waals surface area contributed by atoms with Crippen molar-refractivity contribution < 1.29 is 9.53 Å². The van der Waals surface area contributed by atoms with E-state index in [0.717, 1.165) is 62.9 Å². The molecule has 2 saturated heterocycles. The van der Waals surface area contributed by atoms with Crippen LogP contribution in [-0.2, 0) is 0 Å². The second-order valence-corrected chi connectivity index (χ2v) is 8.63. The molecule has 0 bridgehead atoms. The van der Waals surface area contributed by atoms with E-state index in [-0.39, 0.29) is 12.0 Å². The quantitative estimate of drug-likeness (QED) is 0.779. The van der Waals surface area contributed by atoms with Crippen LogP contribution in [0.15, 0.2) is 36.7 Å². The number of carbonyl (C=O) groups excluding carboxylic acids is 1. The third kappa shape index (κ3) is 4.04. The molecular formula is C23H30N4O2. The van der Waals surface area contributed by atoms with Crippen molar-refractivity contribution in [3.8, 4) is 11.4 Å². The van der Waals surface area contributed by atoms with Crippen LogP contribution in [0.5, 0.6) is 5.75 Å². The lowest BCUT2D eigenvalue weighted by Crippen LogP contribution is -2.32. The molecule has 2 aliphatic heterocycles. The van der Waals surface area contributed by atoms with E-state index >= 15 is 0 Å². The fraction of sp³-hybridized carbons (Fsp3) is 0.565. The van der Waals surface area contributed by atoms with Gasteiger partial charge in [0.25, 0.3) is 5.91 Å². The van der Waals surface area contributed by atoms with Gasteiger partial charge in [0, 0.05) is 38.4 Å². The van der Waals surface area contributed by atoms with E-state index < -0.39 is 0 Å². The van der Waals surface area contributed by atoms with E-state index in [4.69, 9.17) is 4.74 Å². The van der Waals surface area contributed by atoms with Crippen LogP contribution in [0.2, 0.25) is 0 Å². The number of aromatic nitrogens is 2. The Hall–Kier alpha value is -2.34. The van der Waals surface area contributed by atoms with Gasteiger partial charge in [-0.3, -0.25) is 9.69 Å². The van der Waals surface area contributed by atoms with E-state index in [1.54, 1.807) is 10.9 Å². The molecule has 5 rings (SSSR count). The number of hydrogen-bond acceptors (Lipinski definition) is 4. The Kier molecular flexibility index (Phi) is 5.27. The van der Waals surface area contributed by atoms with Crippen molar-refractivity contribution in [2.45, 2.75) is 57.1 Å². The van der Waals surface area contributed by atoms with Crippen molar-refractivity contribution in [2.75, 3.05) is 26.2 Å². The largest absolute Gasteiger partial charge is 0.489 e. The lowest BCUT2D eigenvalue weighted by atomic mass is 10.2. The normalized spacial score (nSPS) is 23.2. The molecule has 2 aromatic rings. The zero-order valence-electron chi connectivity index (χ0n) is 17.0. The Balaban J connectivity index is 1.19. The average Bonchev–Trinajstić information content (AvgIpc) is 3.56. The molecule has 154 valence electrons. The van der Waals surface area contributed by atoms with Gasteiger partial charge in [-0.15, -0.1) is 0 Å². The average molecular weight is 395 g/mol. The third-order valence-corrected chi connectivity index (χ3v) is 6.64. The molecule has 6 heteroatoms. The predicted molar refractivity (Wildman–Crippen MR) is 112 cm³/mol. The van der Waals surface area contributed by atoms with E-state index in [2.05, 4.69) is 10.00 Å². The maximum Gasteiger partial charge on any atom is 0.257 e. The topological polar surface area (TPSA) is 50.6 Å². The second kappa shape index (κ2) is 8.19. The highest BCUT2D eigenvalue weighted by Gasteiger charge is 2.30. The number of rotatable bonds is 5. The summed E-state index contributed by atoms with van der Waals surface area (Å²) < 4.78 is 8.00. The Bertz CT molecular complexity index is 835. The molecule has 1 saturated carbocycles. The molecule has 1 aromatic carbocycles. The molecule has 0 spiro atoms. The first-order valence-corrected chi connectivity index (χ1v) is 11.1. The maximum absolute atomic E-state index is 12.5. The van der Waals surface area contributed by atoms with Gasteiger partial charge in [-0.2, -0.15) is 5.10 Å². The number of nitrogens with zero attached hydrogens (tertiary/aromatic N) is 4. The molecule has 3 fully saturated rings. The molecule has 29 heavy (non-hydrogen) atoms. The third-order valence-electron chi connectivity index (χ3n) is 6.64. The number of likely N-dealkylation sites (tertiary alicyclic amines) is 2. The van der Waals surface area contributed by atoms with E-state index in [9.17, 15) is 4.79 Å². The molecule has 0 radical (unpaired) electrons. The van der Waals surface area contributed by atoms with Crippen LogP contribution in [0.3, 0.4) is 0 Å². The van der Waals surface area contributed by atoms with Crippen molar-refractivity contribution in [1.29, 1.82) is 0 Å². The van der Waals surface area contributed by atoms with Gasteiger partial charge in [0.15, 0.2) is 0 Å². The van der Waals surface area contributed by atoms with Crippen LogP contribution >= 0.6 is 0 Å². The van der Waals surface area contributed by atoms with Crippen molar-refractivity contribution in [3.05, 3.63) is 42.2 Å². The Morgan fingerprint density at radius 2 is 1.72 bits per heavy atom. The van der Waals surface area contributed by atoms with Crippen molar-refractivity contribution in [1.82, 2.24) is 19.6 Å². The number of ether oxygens (including phenoxy) is 1. The summed E-state index contributed by atoms with van der Waals surface area (Å²) in [6, 6.07) is 8.82. The van der Waals surface area contributed by atoms with Gasteiger partial charge < -0.3 is 9.64 Å². The predicted octanol–water partition coefficient (Wildman–Crippen LogP) is 3.50. The van der Waals surface area contributed by atoms with Gasteiger partial charge in [-0.1, -0.05) is 12.8 Å². The van der Waals surface area contributed by atoms with Crippen molar-refractivity contribution >= 4 is 5.91 Å². The minimum absolute atomic E-state index is 0.0850. The Morgan fingerprint density at radius 3 is 2.48 bits per heavy atom. The van der Waals surface area contributed by atoms with Gasteiger partial charge in [0.05, 0.1) is 17.4 Å². The van der Waals surface area contributed by atoms with Crippen LogP contribution < -0.4 is 4.74 Å². The highest BCUT2D eigenvalue weighted by atomic mass is 16.5. The molecule has 3 heterocycles. The minimum Gasteiger partial charge on any atom is -0.489 e. The monoisotopic (exact) mass is 394 g/mol. The Morgan fingerprint density at radius 1 is 0.966 bits per heavy atom. The first-order valence-electron chi connectivity index (χ1n) is 11.1. The van der Waals surface area contributed by atoms with Crippen molar-refractivity contribution in [2.24, 2.45) is 0 Å². The van der Waals surface area contributed by atoms with Crippen LogP contribution in [-0.4, -0.2) is 63.8 Å². The van der Waals surface area contributed by atoms with Gasteiger partial charge in [-0.25, -0.2) is 4.68 Å². The summed E-state index contributed by atoms with van der Waals surface area (Å²) >= 11 is 0. The number of carbonyl (C=O) groups is 1. The first kappa shape index (κ1) is 18.7. The van der Waals surface area contributed by atoms with Gasteiger partial charge in [0.1, 0.15) is 11.9 Å². The summed E-state index contributed by atoms with van der Waals surface area (Å²) in [5, 5.41) is 4.39. The van der Waals surface area contributed by atoms with E-state index in [1.165, 1.54) is 25.7 Å². The number of benzene rings is 1. The summed E-state index contributed by atoms with van der Waals surface area (Å²) in [6.07, 6.45) is 12.6. The molecule has 6 nitrogen and oxygen atoms in total. The summed E-state index contributed by atoms with van der Waals surface area (Å²) in [5.41, 5.74) is 1.60.